The minimum atomic E-state index is -0.867. The lowest BCUT2D eigenvalue weighted by atomic mass is 11.2. The lowest BCUT2D eigenvalue weighted by Gasteiger charge is -2.14. The third kappa shape index (κ3) is 2.82. The molecule has 0 aliphatic rings. The van der Waals surface area contributed by atoms with E-state index in [0.717, 1.165) is 0 Å². The minimum absolute atomic E-state index is 0.867. The average molecular weight is 130 g/mol. The molecule has 0 N–H and O–H groups in total. The molecule has 0 bridgehead atoms. The Morgan fingerprint density at radius 2 is 1.57 bits per heavy atom. The Labute approximate surface area is 50.1 Å². The van der Waals surface area contributed by atoms with E-state index >= 15 is 0 Å². The second kappa shape index (κ2) is 1.96. The van der Waals surface area contributed by atoms with Crippen molar-refractivity contribution in [3.05, 3.63) is 11.4 Å². The molecule has 0 fully saturated rings. The highest BCUT2D eigenvalue weighted by molar-refractivity contribution is 6.89. The van der Waals surface area contributed by atoms with Gasteiger partial charge in [0.1, 0.15) is 0 Å². The largest absolute Gasteiger partial charge is 0.108 e. The fourth-order valence-electron chi connectivity index (χ4n) is 0. The molecule has 0 aromatic carbocycles. The summed E-state index contributed by atoms with van der Waals surface area (Å²) in [6, 6.07) is 0. The van der Waals surface area contributed by atoms with Crippen LogP contribution in [0.15, 0.2) is 11.4 Å². The molecule has 0 atom stereocenters. The van der Waals surface area contributed by atoms with Crippen molar-refractivity contribution < 1.29 is 0 Å². The quantitative estimate of drug-likeness (QED) is 0.459. The topological polar surface area (TPSA) is 0 Å². The van der Waals surface area contributed by atoms with Crippen molar-refractivity contribution in [3.8, 4) is 0 Å². The van der Waals surface area contributed by atoms with Gasteiger partial charge in [0, 0.05) is 10.2 Å². The Morgan fingerprint density at radius 3 is 1.57 bits per heavy atom. The summed E-state index contributed by atoms with van der Waals surface area (Å²) < 4.78 is 0. The minimum Gasteiger partial charge on any atom is -0.108 e. The van der Waals surface area contributed by atoms with Crippen molar-refractivity contribution in [2.45, 2.75) is 19.6 Å². The third-order valence-corrected chi connectivity index (χ3v) is 8.34. The summed E-state index contributed by atoms with van der Waals surface area (Å²) in [6.07, 6.45) is 0. The Kier molecular flexibility index (Phi) is 2.01. The first kappa shape index (κ1) is 7.17. The summed E-state index contributed by atoms with van der Waals surface area (Å²) in [7, 11) is 0.328. The van der Waals surface area contributed by atoms with E-state index in [-0.39, 0.29) is 0 Å². The molecular formula is C5H14Si2. The van der Waals surface area contributed by atoms with Crippen LogP contribution in [0.2, 0.25) is 19.6 Å². The van der Waals surface area contributed by atoms with E-state index < -0.39 is 8.07 Å². The second-order valence-electron chi connectivity index (χ2n) is 3.03. The van der Waals surface area contributed by atoms with Crippen LogP contribution < -0.4 is 0 Å². The molecule has 0 rings (SSSR count). The maximum absolute atomic E-state index is 3.95. The molecule has 0 nitrogen and oxygen atoms in total. The van der Waals surface area contributed by atoms with E-state index in [1.807, 2.05) is 0 Å². The summed E-state index contributed by atoms with van der Waals surface area (Å²) in [6.45, 7) is 11.0. The molecular weight excluding hydrogens is 116 g/mol. The highest BCUT2D eigenvalue weighted by Crippen LogP contribution is 2.06. The Balaban J connectivity index is 3.79. The van der Waals surface area contributed by atoms with Gasteiger partial charge in [-0.25, -0.2) is 0 Å². The van der Waals surface area contributed by atoms with E-state index in [1.54, 1.807) is 0 Å². The van der Waals surface area contributed by atoms with Crippen LogP contribution >= 0.6 is 0 Å². The Morgan fingerprint density at radius 1 is 1.43 bits per heavy atom. The van der Waals surface area contributed by atoms with Crippen LogP contribution in [0.4, 0.5) is 0 Å². The van der Waals surface area contributed by atoms with Crippen LogP contribution in [0.25, 0.3) is 0 Å². The van der Waals surface area contributed by atoms with E-state index in [2.05, 4.69) is 26.2 Å². The molecule has 0 aliphatic carbocycles. The fraction of sp³-hybridized carbons (Fsp3) is 0.600. The molecule has 2 heteroatoms. The first-order valence-corrected chi connectivity index (χ1v) is 7.10. The molecule has 0 saturated heterocycles. The molecule has 0 aromatic rings. The van der Waals surface area contributed by atoms with Gasteiger partial charge < -0.3 is 0 Å². The van der Waals surface area contributed by atoms with Crippen LogP contribution in [0.5, 0.6) is 0 Å². The number of hydrogen-bond acceptors (Lipinski definition) is 0. The molecule has 0 amide bonds. The zero-order chi connectivity index (χ0) is 6.08. The van der Waals surface area contributed by atoms with Gasteiger partial charge in [-0.15, -0.1) is 11.4 Å². The normalized spacial score (nSPS) is 11.9. The van der Waals surface area contributed by atoms with Gasteiger partial charge in [0.2, 0.25) is 0 Å². The highest BCUT2D eigenvalue weighted by atomic mass is 28.4. The average Bonchev–Trinajstić information content (AvgIpc) is 1.31. The van der Waals surface area contributed by atoms with Crippen molar-refractivity contribution in [1.29, 1.82) is 0 Å². The molecule has 0 aromatic heterocycles. The fourth-order valence-corrected chi connectivity index (χ4v) is 0. The maximum Gasteiger partial charge on any atom is 0.0662 e. The van der Waals surface area contributed by atoms with Crippen LogP contribution in [0.1, 0.15) is 0 Å². The van der Waals surface area contributed by atoms with Crippen LogP contribution in [-0.4, -0.2) is 18.3 Å². The van der Waals surface area contributed by atoms with Gasteiger partial charge in [0.15, 0.2) is 0 Å². The zero-order valence-corrected chi connectivity index (χ0v) is 8.71. The summed E-state index contributed by atoms with van der Waals surface area (Å²) >= 11 is 0. The summed E-state index contributed by atoms with van der Waals surface area (Å²) in [5.74, 6) is 0. The smallest absolute Gasteiger partial charge is 0.0662 e. The van der Waals surface area contributed by atoms with E-state index in [9.17, 15) is 0 Å². The molecule has 42 valence electrons. The molecule has 0 saturated carbocycles. The monoisotopic (exact) mass is 130 g/mol. The standard InChI is InChI=1S/C5H14Si2/c1-5(6)7(2,3)4/h1H2,2-4,6H3. The van der Waals surface area contributed by atoms with Crippen LogP contribution in [0, 0.1) is 0 Å². The number of rotatable bonds is 1. The van der Waals surface area contributed by atoms with E-state index in [0.29, 0.717) is 0 Å². The van der Waals surface area contributed by atoms with Crippen LogP contribution in [-0.2, 0) is 0 Å². The SMILES string of the molecule is C=C([SiH3])[Si](C)(C)C. The first-order valence-electron chi connectivity index (χ1n) is 2.60. The van der Waals surface area contributed by atoms with Crippen molar-refractivity contribution in [3.63, 3.8) is 0 Å². The van der Waals surface area contributed by atoms with Crippen LogP contribution in [0.3, 0.4) is 0 Å². The van der Waals surface area contributed by atoms with Gasteiger partial charge in [-0.2, -0.15) is 0 Å². The molecule has 0 heterocycles. The van der Waals surface area contributed by atoms with E-state index in [4.69, 9.17) is 0 Å². The summed E-state index contributed by atoms with van der Waals surface area (Å²) in [5, 5.41) is 0. The predicted octanol–water partition coefficient (Wildman–Crippen LogP) is 0.743. The highest BCUT2D eigenvalue weighted by Gasteiger charge is 2.11. The van der Waals surface area contributed by atoms with Gasteiger partial charge in [-0.1, -0.05) is 19.6 Å². The van der Waals surface area contributed by atoms with Gasteiger partial charge in [0.05, 0.1) is 8.07 Å². The van der Waals surface area contributed by atoms with Crippen molar-refractivity contribution >= 4 is 18.3 Å². The van der Waals surface area contributed by atoms with Gasteiger partial charge >= 0.3 is 0 Å². The lowest BCUT2D eigenvalue weighted by Crippen LogP contribution is -2.22. The summed E-state index contributed by atoms with van der Waals surface area (Å²) in [5.41, 5.74) is 0. The van der Waals surface area contributed by atoms with E-state index in [1.165, 1.54) is 15.1 Å². The maximum atomic E-state index is 3.95. The molecule has 0 radical (unpaired) electrons. The Bertz CT molecular complexity index is 78.6. The number of hydrogen-bond donors (Lipinski definition) is 0. The first-order chi connectivity index (χ1) is 2.94. The van der Waals surface area contributed by atoms with Gasteiger partial charge in [-0.3, -0.25) is 0 Å². The predicted molar refractivity (Wildman–Crippen MR) is 42.4 cm³/mol. The molecule has 0 aliphatic heterocycles. The van der Waals surface area contributed by atoms with Gasteiger partial charge in [0.25, 0.3) is 0 Å². The van der Waals surface area contributed by atoms with Crippen molar-refractivity contribution in [2.75, 3.05) is 0 Å². The van der Waals surface area contributed by atoms with Crippen molar-refractivity contribution in [2.24, 2.45) is 0 Å². The summed E-state index contributed by atoms with van der Waals surface area (Å²) in [4.78, 5) is 1.52. The second-order valence-corrected chi connectivity index (χ2v) is 10.6. The zero-order valence-electron chi connectivity index (χ0n) is 5.71. The third-order valence-electron chi connectivity index (χ3n) is 1.28. The lowest BCUT2D eigenvalue weighted by molar-refractivity contribution is 1.75. The Hall–Kier alpha value is 0.174. The van der Waals surface area contributed by atoms with Gasteiger partial charge in [-0.05, 0) is 0 Å². The van der Waals surface area contributed by atoms with Crippen molar-refractivity contribution in [1.82, 2.24) is 0 Å². The molecule has 7 heavy (non-hydrogen) atoms. The molecule has 0 spiro atoms. The molecule has 0 unspecified atom stereocenters.